The van der Waals surface area contributed by atoms with Crippen LogP contribution in [0.5, 0.6) is 0 Å². The maximum atomic E-state index is 11.9. The number of aliphatic carboxylic acids is 1. The predicted octanol–water partition coefficient (Wildman–Crippen LogP) is 0.783. The number of carboxylic acid groups (broad SMARTS) is 1. The van der Waals surface area contributed by atoms with E-state index in [4.69, 9.17) is 5.11 Å². The molecule has 0 aliphatic heterocycles. The molecule has 6 heteroatoms. The standard InChI is InChI=1S/C14H20N2O4/c1-11(17)9-16(8-7-14(19)20)10-13(18)15-12-5-3-2-4-6-12/h2-6,11,17H,7-10H2,1H3,(H,15,18)(H,19,20). The molecular weight excluding hydrogens is 260 g/mol. The van der Waals surface area contributed by atoms with Crippen LogP contribution in [0.4, 0.5) is 5.69 Å². The first kappa shape index (κ1) is 16.1. The van der Waals surface area contributed by atoms with Crippen molar-refractivity contribution in [1.82, 2.24) is 4.90 Å². The number of hydrogen-bond acceptors (Lipinski definition) is 4. The quantitative estimate of drug-likeness (QED) is 0.655. The summed E-state index contributed by atoms with van der Waals surface area (Å²) in [6, 6.07) is 9.02. The van der Waals surface area contributed by atoms with Gasteiger partial charge in [-0.05, 0) is 19.1 Å². The van der Waals surface area contributed by atoms with E-state index in [1.54, 1.807) is 24.0 Å². The number of nitrogens with zero attached hydrogens (tertiary/aromatic N) is 1. The van der Waals surface area contributed by atoms with Crippen LogP contribution < -0.4 is 5.32 Å². The Morgan fingerprint density at radius 1 is 1.30 bits per heavy atom. The van der Waals surface area contributed by atoms with Crippen molar-refractivity contribution in [3.8, 4) is 0 Å². The molecule has 0 radical (unpaired) electrons. The molecule has 0 spiro atoms. The molecule has 1 aromatic rings. The summed E-state index contributed by atoms with van der Waals surface area (Å²) < 4.78 is 0. The summed E-state index contributed by atoms with van der Waals surface area (Å²) in [5.41, 5.74) is 0.688. The zero-order valence-corrected chi connectivity index (χ0v) is 11.5. The van der Waals surface area contributed by atoms with Crippen LogP contribution in [0.2, 0.25) is 0 Å². The van der Waals surface area contributed by atoms with E-state index in [1.165, 1.54) is 0 Å². The molecule has 110 valence electrons. The van der Waals surface area contributed by atoms with Gasteiger partial charge >= 0.3 is 5.97 Å². The number of benzene rings is 1. The van der Waals surface area contributed by atoms with Gasteiger partial charge in [-0.3, -0.25) is 14.5 Å². The predicted molar refractivity (Wildman–Crippen MR) is 75.4 cm³/mol. The topological polar surface area (TPSA) is 89.9 Å². The summed E-state index contributed by atoms with van der Waals surface area (Å²) in [7, 11) is 0. The number of amides is 1. The highest BCUT2D eigenvalue weighted by Gasteiger charge is 2.14. The van der Waals surface area contributed by atoms with Crippen LogP contribution in [-0.4, -0.2) is 52.7 Å². The summed E-state index contributed by atoms with van der Waals surface area (Å²) in [6.45, 7) is 2.13. The first-order valence-electron chi connectivity index (χ1n) is 6.44. The van der Waals surface area contributed by atoms with Gasteiger partial charge in [0.25, 0.3) is 0 Å². The third-order valence-corrected chi connectivity index (χ3v) is 2.59. The molecule has 0 saturated carbocycles. The highest BCUT2D eigenvalue weighted by atomic mass is 16.4. The molecule has 3 N–H and O–H groups in total. The maximum absolute atomic E-state index is 11.9. The van der Waals surface area contributed by atoms with Gasteiger partial charge in [-0.15, -0.1) is 0 Å². The molecule has 1 unspecified atom stereocenters. The third-order valence-electron chi connectivity index (χ3n) is 2.59. The van der Waals surface area contributed by atoms with Crippen LogP contribution in [0, 0.1) is 0 Å². The number of aliphatic hydroxyl groups is 1. The van der Waals surface area contributed by atoms with Gasteiger partial charge in [0.2, 0.25) is 5.91 Å². The molecule has 1 atom stereocenters. The molecule has 0 bridgehead atoms. The normalized spacial score (nSPS) is 12.2. The molecule has 20 heavy (non-hydrogen) atoms. The van der Waals surface area contributed by atoms with E-state index in [1.807, 2.05) is 18.2 Å². The summed E-state index contributed by atoms with van der Waals surface area (Å²) in [5.74, 6) is -1.16. The van der Waals surface area contributed by atoms with Gasteiger partial charge in [-0.1, -0.05) is 18.2 Å². The molecule has 0 fully saturated rings. The van der Waals surface area contributed by atoms with E-state index in [-0.39, 0.29) is 32.0 Å². The van der Waals surface area contributed by atoms with E-state index in [2.05, 4.69) is 5.32 Å². The van der Waals surface area contributed by atoms with Gasteiger partial charge in [0.05, 0.1) is 19.1 Å². The van der Waals surface area contributed by atoms with Crippen LogP contribution in [0.3, 0.4) is 0 Å². The molecule has 1 rings (SSSR count). The van der Waals surface area contributed by atoms with E-state index >= 15 is 0 Å². The summed E-state index contributed by atoms with van der Waals surface area (Å²) in [6.07, 6.45) is -0.681. The van der Waals surface area contributed by atoms with E-state index in [9.17, 15) is 14.7 Å². The van der Waals surface area contributed by atoms with Crippen molar-refractivity contribution in [2.45, 2.75) is 19.4 Å². The van der Waals surface area contributed by atoms with Crippen LogP contribution in [0.25, 0.3) is 0 Å². The van der Waals surface area contributed by atoms with Gasteiger partial charge in [0, 0.05) is 18.8 Å². The van der Waals surface area contributed by atoms with Gasteiger partial charge in [-0.25, -0.2) is 0 Å². The molecule has 6 nitrogen and oxygen atoms in total. The van der Waals surface area contributed by atoms with Crippen LogP contribution in [0.1, 0.15) is 13.3 Å². The number of nitrogens with one attached hydrogen (secondary N) is 1. The number of aliphatic hydroxyl groups excluding tert-OH is 1. The monoisotopic (exact) mass is 280 g/mol. The molecule has 0 saturated heterocycles. The minimum atomic E-state index is -0.927. The second-order valence-electron chi connectivity index (χ2n) is 4.64. The number of hydrogen-bond donors (Lipinski definition) is 3. The van der Waals surface area contributed by atoms with Crippen LogP contribution in [-0.2, 0) is 9.59 Å². The van der Waals surface area contributed by atoms with Crippen molar-refractivity contribution in [3.05, 3.63) is 30.3 Å². The van der Waals surface area contributed by atoms with E-state index < -0.39 is 12.1 Å². The Hall–Kier alpha value is -1.92. The first-order chi connectivity index (χ1) is 9.47. The number of para-hydroxylation sites is 1. The van der Waals surface area contributed by atoms with Crippen molar-refractivity contribution >= 4 is 17.6 Å². The SMILES string of the molecule is CC(O)CN(CCC(=O)O)CC(=O)Nc1ccccc1. The lowest BCUT2D eigenvalue weighted by atomic mass is 10.3. The lowest BCUT2D eigenvalue weighted by molar-refractivity contribution is -0.137. The Labute approximate surface area is 118 Å². The third kappa shape index (κ3) is 6.86. The number of rotatable bonds is 8. The summed E-state index contributed by atoms with van der Waals surface area (Å²) in [5, 5.41) is 20.8. The first-order valence-corrected chi connectivity index (χ1v) is 6.44. The van der Waals surface area contributed by atoms with Crippen molar-refractivity contribution in [1.29, 1.82) is 0 Å². The Kier molecular flexibility index (Phi) is 6.69. The Balaban J connectivity index is 2.50. The lowest BCUT2D eigenvalue weighted by Gasteiger charge is -2.22. The zero-order chi connectivity index (χ0) is 15.0. The van der Waals surface area contributed by atoms with Crippen LogP contribution >= 0.6 is 0 Å². The zero-order valence-electron chi connectivity index (χ0n) is 11.5. The van der Waals surface area contributed by atoms with Crippen molar-refractivity contribution < 1.29 is 19.8 Å². The fourth-order valence-corrected chi connectivity index (χ4v) is 1.79. The fourth-order valence-electron chi connectivity index (χ4n) is 1.79. The van der Waals surface area contributed by atoms with Crippen LogP contribution in [0.15, 0.2) is 30.3 Å². The minimum Gasteiger partial charge on any atom is -0.481 e. The maximum Gasteiger partial charge on any atom is 0.304 e. The van der Waals surface area contributed by atoms with Gasteiger partial charge in [-0.2, -0.15) is 0 Å². The fraction of sp³-hybridized carbons (Fsp3) is 0.429. The molecule has 1 aromatic carbocycles. The summed E-state index contributed by atoms with van der Waals surface area (Å²) >= 11 is 0. The Bertz CT molecular complexity index is 434. The van der Waals surface area contributed by atoms with Crippen molar-refractivity contribution in [2.24, 2.45) is 0 Å². The molecule has 0 aromatic heterocycles. The van der Waals surface area contributed by atoms with Gasteiger partial charge in [0.15, 0.2) is 0 Å². The number of anilines is 1. The molecule has 1 amide bonds. The molecule has 0 aliphatic carbocycles. The average Bonchev–Trinajstić information content (AvgIpc) is 2.36. The molecular formula is C14H20N2O4. The van der Waals surface area contributed by atoms with Crippen molar-refractivity contribution in [2.75, 3.05) is 25.0 Å². The molecule has 0 heterocycles. The van der Waals surface area contributed by atoms with E-state index in [0.717, 1.165) is 0 Å². The Morgan fingerprint density at radius 3 is 2.50 bits per heavy atom. The van der Waals surface area contributed by atoms with Gasteiger partial charge in [0.1, 0.15) is 0 Å². The average molecular weight is 280 g/mol. The van der Waals surface area contributed by atoms with Crippen molar-refractivity contribution in [3.63, 3.8) is 0 Å². The second-order valence-corrected chi connectivity index (χ2v) is 4.64. The highest BCUT2D eigenvalue weighted by molar-refractivity contribution is 5.92. The summed E-state index contributed by atoms with van der Waals surface area (Å²) in [4.78, 5) is 24.1. The second kappa shape index (κ2) is 8.29. The lowest BCUT2D eigenvalue weighted by Crippen LogP contribution is -2.38. The number of carbonyl (C=O) groups excluding carboxylic acids is 1. The Morgan fingerprint density at radius 2 is 1.95 bits per heavy atom. The minimum absolute atomic E-state index is 0.0487. The number of carbonyl (C=O) groups is 2. The largest absolute Gasteiger partial charge is 0.481 e. The van der Waals surface area contributed by atoms with E-state index in [0.29, 0.717) is 5.69 Å². The smallest absolute Gasteiger partial charge is 0.304 e. The highest BCUT2D eigenvalue weighted by Crippen LogP contribution is 2.05. The number of carboxylic acids is 1. The van der Waals surface area contributed by atoms with Gasteiger partial charge < -0.3 is 15.5 Å². The molecule has 0 aliphatic rings.